The van der Waals surface area contributed by atoms with Crippen LogP contribution in [0.4, 0.5) is 11.8 Å². The molecule has 8 heteroatoms. The highest BCUT2D eigenvalue weighted by Gasteiger charge is 2.09. The van der Waals surface area contributed by atoms with Crippen LogP contribution < -0.4 is 16.4 Å². The van der Waals surface area contributed by atoms with Crippen LogP contribution in [0.1, 0.15) is 35.7 Å². The Bertz CT molecular complexity index is 902. The molecule has 2 heterocycles. The first-order chi connectivity index (χ1) is 12.6. The molecule has 0 aliphatic heterocycles. The Labute approximate surface area is 151 Å². The van der Waals surface area contributed by atoms with Gasteiger partial charge in [-0.25, -0.2) is 0 Å². The third-order valence-corrected chi connectivity index (χ3v) is 4.10. The van der Waals surface area contributed by atoms with Crippen molar-refractivity contribution in [2.45, 2.75) is 26.3 Å². The maximum atomic E-state index is 12.0. The van der Waals surface area contributed by atoms with Crippen molar-refractivity contribution in [3.05, 3.63) is 41.6 Å². The Kier molecular flexibility index (Phi) is 5.31. The number of nitrogen functional groups attached to an aromatic ring is 1. The van der Waals surface area contributed by atoms with Crippen molar-refractivity contribution in [3.63, 3.8) is 0 Å². The van der Waals surface area contributed by atoms with Gasteiger partial charge in [-0.15, -0.1) is 0 Å². The first-order valence-electron chi connectivity index (χ1n) is 8.64. The minimum atomic E-state index is -0.0456. The minimum Gasteiger partial charge on any atom is -0.383 e. The first-order valence-corrected chi connectivity index (χ1v) is 8.64. The fourth-order valence-electron chi connectivity index (χ4n) is 2.56. The molecule has 1 aromatic carbocycles. The zero-order valence-corrected chi connectivity index (χ0v) is 15.0. The Morgan fingerprint density at radius 1 is 1.23 bits per heavy atom. The van der Waals surface area contributed by atoms with Crippen LogP contribution in [-0.2, 0) is 13.6 Å². The van der Waals surface area contributed by atoms with Gasteiger partial charge < -0.3 is 16.4 Å². The summed E-state index contributed by atoms with van der Waals surface area (Å²) in [4.78, 5) is 20.7. The lowest BCUT2D eigenvalue weighted by atomic mass is 10.1. The van der Waals surface area contributed by atoms with E-state index >= 15 is 0 Å². The van der Waals surface area contributed by atoms with E-state index in [1.54, 1.807) is 10.9 Å². The number of hydrogen-bond acceptors (Lipinski definition) is 6. The Hall–Kier alpha value is -3.16. The van der Waals surface area contributed by atoms with Gasteiger partial charge in [-0.2, -0.15) is 15.1 Å². The van der Waals surface area contributed by atoms with E-state index in [0.29, 0.717) is 36.1 Å². The molecule has 0 saturated heterocycles. The number of nitrogens with zero attached hydrogens (tertiary/aromatic N) is 4. The second-order valence-corrected chi connectivity index (χ2v) is 6.10. The fraction of sp³-hybridized carbons (Fsp3) is 0.333. The van der Waals surface area contributed by atoms with Gasteiger partial charge in [0.25, 0.3) is 5.91 Å². The SMILES string of the molecule is CCCCNC(=O)c1ccc(CNc2nc(N)c3cnn(C)c3n2)cc1. The van der Waals surface area contributed by atoms with Gasteiger partial charge in [-0.05, 0) is 24.1 Å². The fourth-order valence-corrected chi connectivity index (χ4v) is 2.56. The van der Waals surface area contributed by atoms with Crippen molar-refractivity contribution < 1.29 is 4.79 Å². The molecule has 3 aromatic rings. The number of fused-ring (bicyclic) bond motifs is 1. The maximum Gasteiger partial charge on any atom is 0.251 e. The molecule has 0 saturated carbocycles. The molecular formula is C18H23N7O. The summed E-state index contributed by atoms with van der Waals surface area (Å²) in [7, 11) is 1.81. The van der Waals surface area contributed by atoms with Crippen molar-refractivity contribution in [2.75, 3.05) is 17.6 Å². The van der Waals surface area contributed by atoms with Crippen LogP contribution in [0.3, 0.4) is 0 Å². The van der Waals surface area contributed by atoms with Crippen molar-refractivity contribution >= 4 is 28.7 Å². The maximum absolute atomic E-state index is 12.0. The van der Waals surface area contributed by atoms with Crippen LogP contribution in [-0.4, -0.2) is 32.2 Å². The van der Waals surface area contributed by atoms with E-state index < -0.39 is 0 Å². The van der Waals surface area contributed by atoms with E-state index in [1.165, 1.54) is 0 Å². The second-order valence-electron chi connectivity index (χ2n) is 6.10. The number of carbonyl (C=O) groups excluding carboxylic acids is 1. The second kappa shape index (κ2) is 7.81. The molecule has 4 N–H and O–H groups in total. The highest BCUT2D eigenvalue weighted by atomic mass is 16.1. The van der Waals surface area contributed by atoms with Crippen molar-refractivity contribution in [3.8, 4) is 0 Å². The molecule has 0 unspecified atom stereocenters. The number of nitrogens with one attached hydrogen (secondary N) is 2. The number of anilines is 2. The van der Waals surface area contributed by atoms with Gasteiger partial charge in [0.1, 0.15) is 5.82 Å². The van der Waals surface area contributed by atoms with E-state index in [1.807, 2.05) is 31.3 Å². The number of unbranched alkanes of at least 4 members (excludes halogenated alkanes) is 1. The van der Waals surface area contributed by atoms with E-state index in [-0.39, 0.29) is 5.91 Å². The molecule has 1 amide bonds. The molecule has 0 aliphatic carbocycles. The molecule has 0 bridgehead atoms. The summed E-state index contributed by atoms with van der Waals surface area (Å²) in [5, 5.41) is 10.9. The highest BCUT2D eigenvalue weighted by molar-refractivity contribution is 5.94. The molecule has 0 fully saturated rings. The standard InChI is InChI=1S/C18H23N7O/c1-3-4-9-20-17(26)13-7-5-12(6-8-13)10-21-18-23-15(19)14-11-22-25(2)16(14)24-18/h5-8,11H,3-4,9-10H2,1-2H3,(H,20,26)(H3,19,21,23,24). The minimum absolute atomic E-state index is 0.0456. The van der Waals surface area contributed by atoms with E-state index in [0.717, 1.165) is 23.8 Å². The van der Waals surface area contributed by atoms with E-state index in [4.69, 9.17) is 5.73 Å². The largest absolute Gasteiger partial charge is 0.383 e. The van der Waals surface area contributed by atoms with Gasteiger partial charge >= 0.3 is 0 Å². The summed E-state index contributed by atoms with van der Waals surface area (Å²) in [6, 6.07) is 7.46. The summed E-state index contributed by atoms with van der Waals surface area (Å²) in [5.74, 6) is 0.792. The number of benzene rings is 1. The molecule has 26 heavy (non-hydrogen) atoms. The van der Waals surface area contributed by atoms with Crippen molar-refractivity contribution in [2.24, 2.45) is 7.05 Å². The van der Waals surface area contributed by atoms with Crippen LogP contribution in [0.25, 0.3) is 11.0 Å². The highest BCUT2D eigenvalue weighted by Crippen LogP contribution is 2.18. The summed E-state index contributed by atoms with van der Waals surface area (Å²) in [6.45, 7) is 3.33. The lowest BCUT2D eigenvalue weighted by Gasteiger charge is -2.08. The van der Waals surface area contributed by atoms with Gasteiger partial charge in [-0.3, -0.25) is 9.48 Å². The number of aromatic nitrogens is 4. The number of aryl methyl sites for hydroxylation is 1. The van der Waals surface area contributed by atoms with Crippen molar-refractivity contribution in [1.29, 1.82) is 0 Å². The monoisotopic (exact) mass is 353 g/mol. The van der Waals surface area contributed by atoms with Crippen LogP contribution in [0.15, 0.2) is 30.5 Å². The Balaban J connectivity index is 1.63. The average Bonchev–Trinajstić information content (AvgIpc) is 3.02. The summed E-state index contributed by atoms with van der Waals surface area (Å²) >= 11 is 0. The molecule has 8 nitrogen and oxygen atoms in total. The predicted octanol–water partition coefficient (Wildman–Crippen LogP) is 2.09. The smallest absolute Gasteiger partial charge is 0.251 e. The van der Waals surface area contributed by atoms with Crippen LogP contribution in [0, 0.1) is 0 Å². The van der Waals surface area contributed by atoms with Crippen LogP contribution in [0.2, 0.25) is 0 Å². The average molecular weight is 353 g/mol. The molecule has 0 radical (unpaired) electrons. The van der Waals surface area contributed by atoms with Crippen molar-refractivity contribution in [1.82, 2.24) is 25.1 Å². The number of nitrogens with two attached hydrogens (primary N) is 1. The Morgan fingerprint density at radius 2 is 2.00 bits per heavy atom. The van der Waals surface area contributed by atoms with Crippen LogP contribution in [0.5, 0.6) is 0 Å². The molecule has 0 spiro atoms. The number of rotatable bonds is 7. The summed E-state index contributed by atoms with van der Waals surface area (Å²) < 4.78 is 1.66. The summed E-state index contributed by atoms with van der Waals surface area (Å²) in [6.07, 6.45) is 3.69. The third kappa shape index (κ3) is 3.90. The molecule has 136 valence electrons. The molecule has 2 aromatic heterocycles. The first kappa shape index (κ1) is 17.7. The quantitative estimate of drug-likeness (QED) is 0.561. The predicted molar refractivity (Wildman–Crippen MR) is 102 cm³/mol. The molecule has 0 atom stereocenters. The normalized spacial score (nSPS) is 10.8. The zero-order valence-electron chi connectivity index (χ0n) is 15.0. The zero-order chi connectivity index (χ0) is 18.5. The van der Waals surface area contributed by atoms with E-state index in [2.05, 4.69) is 32.6 Å². The van der Waals surface area contributed by atoms with Gasteiger partial charge in [0.05, 0.1) is 11.6 Å². The van der Waals surface area contributed by atoms with Gasteiger partial charge in [0.2, 0.25) is 5.95 Å². The Morgan fingerprint density at radius 3 is 2.73 bits per heavy atom. The topological polar surface area (TPSA) is 111 Å². The number of hydrogen-bond donors (Lipinski definition) is 3. The summed E-state index contributed by atoms with van der Waals surface area (Å²) in [5.41, 5.74) is 8.30. The molecule has 3 rings (SSSR count). The lowest BCUT2D eigenvalue weighted by molar-refractivity contribution is 0.0953. The van der Waals surface area contributed by atoms with Gasteiger partial charge in [0, 0.05) is 25.7 Å². The van der Waals surface area contributed by atoms with E-state index in [9.17, 15) is 4.79 Å². The number of amides is 1. The third-order valence-electron chi connectivity index (χ3n) is 4.10. The number of carbonyl (C=O) groups is 1. The molecule has 0 aliphatic rings. The lowest BCUT2D eigenvalue weighted by Crippen LogP contribution is -2.24. The van der Waals surface area contributed by atoms with Gasteiger partial charge in [-0.1, -0.05) is 25.5 Å². The van der Waals surface area contributed by atoms with Crippen LogP contribution >= 0.6 is 0 Å². The molecular weight excluding hydrogens is 330 g/mol. The van der Waals surface area contributed by atoms with Gasteiger partial charge in [0.15, 0.2) is 5.65 Å².